The SMILES string of the molecule is CCc1cc2c(C(=O)NC)c(-c3ccc(F)cc3)oc2nc1N(CCCN1CCCCS1(=O)=O)S(C)(=O)=O. The van der Waals surface area contributed by atoms with Gasteiger partial charge in [0.05, 0.1) is 23.0 Å². The Morgan fingerprint density at radius 3 is 2.55 bits per heavy atom. The molecule has 1 aliphatic rings. The van der Waals surface area contributed by atoms with Crippen molar-refractivity contribution in [3.05, 3.63) is 47.3 Å². The highest BCUT2D eigenvalue weighted by atomic mass is 32.2. The van der Waals surface area contributed by atoms with Gasteiger partial charge < -0.3 is 9.73 Å². The van der Waals surface area contributed by atoms with Gasteiger partial charge in [-0.25, -0.2) is 25.5 Å². The lowest BCUT2D eigenvalue weighted by molar-refractivity contribution is 0.0964. The maximum atomic E-state index is 13.5. The fourth-order valence-electron chi connectivity index (χ4n) is 4.60. The zero-order valence-electron chi connectivity index (χ0n) is 21.5. The molecule has 4 rings (SSSR count). The molecule has 1 aromatic carbocycles. The Bertz CT molecular complexity index is 1550. The fraction of sp³-hybridized carbons (Fsp3) is 0.440. The third kappa shape index (κ3) is 5.69. The first-order valence-electron chi connectivity index (χ1n) is 12.4. The summed E-state index contributed by atoms with van der Waals surface area (Å²) in [4.78, 5) is 17.4. The highest BCUT2D eigenvalue weighted by molar-refractivity contribution is 7.92. The normalized spacial score (nSPS) is 16.0. The van der Waals surface area contributed by atoms with E-state index in [1.807, 2.05) is 6.92 Å². The largest absolute Gasteiger partial charge is 0.437 e. The van der Waals surface area contributed by atoms with Gasteiger partial charge in [-0.2, -0.15) is 4.98 Å². The van der Waals surface area contributed by atoms with Crippen LogP contribution in [-0.4, -0.2) is 70.7 Å². The number of rotatable bonds is 9. The summed E-state index contributed by atoms with van der Waals surface area (Å²) in [5, 5.41) is 2.99. The van der Waals surface area contributed by atoms with Gasteiger partial charge in [-0.05, 0) is 61.6 Å². The van der Waals surface area contributed by atoms with Crippen molar-refractivity contribution in [3.63, 3.8) is 0 Å². The lowest BCUT2D eigenvalue weighted by atomic mass is 10.0. The lowest BCUT2D eigenvalue weighted by Crippen LogP contribution is -2.40. The van der Waals surface area contributed by atoms with E-state index in [-0.39, 0.29) is 48.1 Å². The van der Waals surface area contributed by atoms with Gasteiger partial charge >= 0.3 is 0 Å². The molecule has 1 amide bonds. The van der Waals surface area contributed by atoms with E-state index in [2.05, 4.69) is 10.3 Å². The van der Waals surface area contributed by atoms with Crippen molar-refractivity contribution in [3.8, 4) is 11.3 Å². The van der Waals surface area contributed by atoms with Crippen molar-refractivity contribution in [2.24, 2.45) is 0 Å². The summed E-state index contributed by atoms with van der Waals surface area (Å²) in [5.41, 5.74) is 1.31. The predicted octanol–water partition coefficient (Wildman–Crippen LogP) is 3.14. The smallest absolute Gasteiger partial charge is 0.255 e. The molecular formula is C25H31FN4O6S2. The molecule has 0 aliphatic carbocycles. The van der Waals surface area contributed by atoms with Gasteiger partial charge in [-0.15, -0.1) is 0 Å². The molecule has 10 nitrogen and oxygen atoms in total. The topological polar surface area (TPSA) is 130 Å². The van der Waals surface area contributed by atoms with Crippen molar-refractivity contribution in [2.45, 2.75) is 32.6 Å². The molecule has 3 heterocycles. The number of aryl methyl sites for hydroxylation is 1. The maximum absolute atomic E-state index is 13.5. The molecule has 0 radical (unpaired) electrons. The summed E-state index contributed by atoms with van der Waals surface area (Å²) in [7, 11) is -5.65. The minimum Gasteiger partial charge on any atom is -0.437 e. The molecule has 0 saturated carbocycles. The van der Waals surface area contributed by atoms with Gasteiger partial charge in [-0.1, -0.05) is 6.92 Å². The van der Waals surface area contributed by atoms with Crippen LogP contribution in [-0.2, 0) is 26.5 Å². The van der Waals surface area contributed by atoms with Crippen molar-refractivity contribution < 1.29 is 30.4 Å². The Labute approximate surface area is 221 Å². The second-order valence-electron chi connectivity index (χ2n) is 9.18. The number of benzene rings is 1. The van der Waals surface area contributed by atoms with E-state index in [0.717, 1.165) is 17.0 Å². The van der Waals surface area contributed by atoms with E-state index >= 15 is 0 Å². The molecule has 0 spiro atoms. The van der Waals surface area contributed by atoms with Crippen molar-refractivity contribution >= 4 is 42.9 Å². The van der Waals surface area contributed by atoms with E-state index in [4.69, 9.17) is 4.42 Å². The molecule has 2 aromatic heterocycles. The van der Waals surface area contributed by atoms with E-state index in [0.29, 0.717) is 35.9 Å². The summed E-state index contributed by atoms with van der Waals surface area (Å²) < 4.78 is 72.4. The first-order valence-corrected chi connectivity index (χ1v) is 15.8. The fourth-order valence-corrected chi connectivity index (χ4v) is 7.17. The molecule has 3 aromatic rings. The monoisotopic (exact) mass is 566 g/mol. The van der Waals surface area contributed by atoms with Gasteiger partial charge in [0.25, 0.3) is 5.91 Å². The number of carbonyl (C=O) groups excluding carboxylic acids is 1. The average molecular weight is 567 g/mol. The van der Waals surface area contributed by atoms with Crippen molar-refractivity contribution in [2.75, 3.05) is 43.0 Å². The van der Waals surface area contributed by atoms with E-state index in [9.17, 15) is 26.0 Å². The number of fused-ring (bicyclic) bond motifs is 1. The van der Waals surface area contributed by atoms with Crippen LogP contribution in [0.5, 0.6) is 0 Å². The number of anilines is 1. The molecule has 1 N–H and O–H groups in total. The lowest BCUT2D eigenvalue weighted by Gasteiger charge is -2.28. The molecule has 1 aliphatic heterocycles. The van der Waals surface area contributed by atoms with Gasteiger partial charge in [0, 0.05) is 32.2 Å². The Morgan fingerprint density at radius 2 is 1.95 bits per heavy atom. The van der Waals surface area contributed by atoms with Crippen LogP contribution in [0.15, 0.2) is 34.7 Å². The third-order valence-electron chi connectivity index (χ3n) is 6.54. The predicted molar refractivity (Wildman–Crippen MR) is 144 cm³/mol. The van der Waals surface area contributed by atoms with Gasteiger partial charge in [0.2, 0.25) is 25.8 Å². The second-order valence-corrected chi connectivity index (χ2v) is 13.2. The van der Waals surface area contributed by atoms with Gasteiger partial charge in [0.1, 0.15) is 17.4 Å². The highest BCUT2D eigenvalue weighted by Gasteiger charge is 2.29. The molecular weight excluding hydrogens is 535 g/mol. The van der Waals surface area contributed by atoms with Gasteiger partial charge in [0.15, 0.2) is 0 Å². The van der Waals surface area contributed by atoms with Crippen LogP contribution in [0.4, 0.5) is 10.2 Å². The maximum Gasteiger partial charge on any atom is 0.255 e. The van der Waals surface area contributed by atoms with E-state index in [1.165, 1.54) is 35.6 Å². The van der Waals surface area contributed by atoms with Crippen LogP contribution in [0.3, 0.4) is 0 Å². The number of hydrogen-bond acceptors (Lipinski definition) is 7. The van der Waals surface area contributed by atoms with Crippen LogP contribution >= 0.6 is 0 Å². The van der Waals surface area contributed by atoms with Crippen LogP contribution in [0.1, 0.15) is 42.1 Å². The summed E-state index contributed by atoms with van der Waals surface area (Å²) in [6, 6.07) is 7.16. The van der Waals surface area contributed by atoms with Crippen LogP contribution in [0, 0.1) is 5.82 Å². The Hall–Kier alpha value is -3.03. The van der Waals surface area contributed by atoms with Gasteiger partial charge in [-0.3, -0.25) is 9.10 Å². The first kappa shape index (κ1) is 28.0. The summed E-state index contributed by atoms with van der Waals surface area (Å²) in [6.07, 6.45) is 3.15. The molecule has 38 heavy (non-hydrogen) atoms. The first-order chi connectivity index (χ1) is 18.0. The highest BCUT2D eigenvalue weighted by Crippen LogP contribution is 2.36. The number of nitrogens with one attached hydrogen (secondary N) is 1. The molecule has 1 saturated heterocycles. The molecule has 1 fully saturated rings. The molecule has 0 atom stereocenters. The van der Waals surface area contributed by atoms with Crippen molar-refractivity contribution in [1.82, 2.24) is 14.6 Å². The number of aromatic nitrogens is 1. The number of halogens is 1. The second kappa shape index (κ2) is 11.0. The standard InChI is InChI=1S/C25H31FN4O6S2/c1-4-17-16-20-21(24(31)27-2)22(18-8-10-19(26)11-9-18)36-25(20)28-23(17)30(37(3,32)33)14-7-13-29-12-5-6-15-38(29,34)35/h8-11,16H,4-7,12-15H2,1-3H3,(H,27,31). The number of furan rings is 1. The number of hydrogen-bond donors (Lipinski definition) is 1. The molecule has 0 unspecified atom stereocenters. The number of amides is 1. The number of carbonyl (C=O) groups is 1. The zero-order chi connectivity index (χ0) is 27.7. The van der Waals surface area contributed by atoms with Crippen molar-refractivity contribution in [1.29, 1.82) is 0 Å². The quantitative estimate of drug-likeness (QED) is 0.421. The number of sulfonamides is 2. The zero-order valence-corrected chi connectivity index (χ0v) is 23.2. The van der Waals surface area contributed by atoms with E-state index in [1.54, 1.807) is 6.07 Å². The molecule has 0 bridgehead atoms. The molecule has 206 valence electrons. The summed E-state index contributed by atoms with van der Waals surface area (Å²) in [6.45, 7) is 2.48. The average Bonchev–Trinajstić information content (AvgIpc) is 3.24. The Kier molecular flexibility index (Phi) is 8.09. The summed E-state index contributed by atoms with van der Waals surface area (Å²) in [5.74, 6) is -0.425. The number of pyridine rings is 1. The van der Waals surface area contributed by atoms with Crippen LogP contribution < -0.4 is 9.62 Å². The van der Waals surface area contributed by atoms with Crippen LogP contribution in [0.2, 0.25) is 0 Å². The van der Waals surface area contributed by atoms with E-state index < -0.39 is 31.8 Å². The minimum absolute atomic E-state index is 0.0180. The van der Waals surface area contributed by atoms with Crippen LogP contribution in [0.25, 0.3) is 22.4 Å². The number of nitrogens with zero attached hydrogens (tertiary/aromatic N) is 3. The minimum atomic E-state index is -3.79. The molecule has 13 heteroatoms. The summed E-state index contributed by atoms with van der Waals surface area (Å²) >= 11 is 0. The third-order valence-corrected chi connectivity index (χ3v) is 9.65. The Balaban J connectivity index is 1.76. The Morgan fingerprint density at radius 1 is 1.24 bits per heavy atom.